The van der Waals surface area contributed by atoms with Crippen molar-refractivity contribution in [1.82, 2.24) is 33.6 Å². The highest BCUT2D eigenvalue weighted by atomic mass is 35.5. The van der Waals surface area contributed by atoms with Gasteiger partial charge in [0.25, 0.3) is 11.4 Å². The number of rotatable bonds is 22. The van der Waals surface area contributed by atoms with Gasteiger partial charge in [0.05, 0.1) is 116 Å². The van der Waals surface area contributed by atoms with Crippen LogP contribution in [-0.4, -0.2) is 96.5 Å². The van der Waals surface area contributed by atoms with Crippen molar-refractivity contribution < 1.29 is 59.4 Å². The van der Waals surface area contributed by atoms with Gasteiger partial charge in [0.1, 0.15) is 64.4 Å². The van der Waals surface area contributed by atoms with Crippen molar-refractivity contribution in [3.8, 4) is 40.4 Å². The highest BCUT2D eigenvalue weighted by molar-refractivity contribution is 6.33. The quantitative estimate of drug-likeness (QED) is 0.0188. The highest BCUT2D eigenvalue weighted by Gasteiger charge is 2.20. The fourth-order valence-corrected chi connectivity index (χ4v) is 10.9. The van der Waals surface area contributed by atoms with Crippen LogP contribution < -0.4 is 24.7 Å². The van der Waals surface area contributed by atoms with Gasteiger partial charge in [0, 0.05) is 41.7 Å². The number of pyridine rings is 1. The van der Waals surface area contributed by atoms with Gasteiger partial charge in [-0.3, -0.25) is 20.2 Å². The van der Waals surface area contributed by atoms with E-state index in [1.54, 1.807) is 98.6 Å². The van der Waals surface area contributed by atoms with E-state index in [0.29, 0.717) is 68.9 Å². The molecule has 0 aliphatic carbocycles. The van der Waals surface area contributed by atoms with Crippen LogP contribution in [0.1, 0.15) is 89.8 Å². The molecule has 0 amide bonds. The monoisotopic (exact) mass is 1520 g/mol. The zero-order valence-electron chi connectivity index (χ0n) is 62.0. The van der Waals surface area contributed by atoms with Crippen molar-refractivity contribution in [2.45, 2.75) is 137 Å². The second kappa shape index (κ2) is 38.2. The smallest absolute Gasteiger partial charge is 0.291 e. The van der Waals surface area contributed by atoms with E-state index in [1.165, 1.54) is 24.3 Å². The number of aromatic hydroxyl groups is 2. The van der Waals surface area contributed by atoms with Gasteiger partial charge in [-0.1, -0.05) is 126 Å². The maximum Gasteiger partial charge on any atom is 0.291 e. The lowest BCUT2D eigenvalue weighted by molar-refractivity contribution is -0.384. The molecule has 0 spiro atoms. The molecule has 26 heteroatoms. The summed E-state index contributed by atoms with van der Waals surface area (Å²) in [5, 5.41) is 78.5. The van der Waals surface area contributed by atoms with Gasteiger partial charge in [-0.05, 0) is 170 Å². The number of hydrogen-bond acceptors (Lipinski definition) is 19. The van der Waals surface area contributed by atoms with Gasteiger partial charge in [-0.15, -0.1) is 0 Å². The first-order valence-corrected chi connectivity index (χ1v) is 35.3. The van der Waals surface area contributed by atoms with Crippen LogP contribution in [-0.2, 0) is 45.9 Å². The average molecular weight is 1520 g/mol. The van der Waals surface area contributed by atoms with E-state index >= 15 is 0 Å². The number of nitrogen functional groups attached to an aromatic ring is 1. The maximum atomic E-state index is 10.7. The molecule has 0 saturated heterocycles. The molecule has 109 heavy (non-hydrogen) atoms. The number of halogens is 2. The summed E-state index contributed by atoms with van der Waals surface area (Å²) in [6.45, 7) is 19.1. The molecule has 4 heterocycles. The number of aliphatic hydroxyl groups is 4. The van der Waals surface area contributed by atoms with Crippen LogP contribution in [0, 0.1) is 27.2 Å². The second-order valence-electron chi connectivity index (χ2n) is 28.0. The van der Waals surface area contributed by atoms with Gasteiger partial charge in [0.15, 0.2) is 0 Å². The fourth-order valence-electron chi connectivity index (χ4n) is 10.5. The van der Waals surface area contributed by atoms with E-state index in [2.05, 4.69) is 19.9 Å². The van der Waals surface area contributed by atoms with Crippen LogP contribution >= 0.6 is 23.2 Å². The Balaban J connectivity index is 0.000000167. The molecule has 0 fully saturated rings. The molecule has 0 saturated carbocycles. The summed E-state index contributed by atoms with van der Waals surface area (Å²) in [7, 11) is 0. The number of hydrogen-bond donors (Lipinski definition) is 7. The molecule has 4 aromatic heterocycles. The molecule has 0 unspecified atom stereocenters. The Labute approximate surface area is 641 Å². The minimum atomic E-state index is -0.783. The molecule has 0 radical (unpaired) electrons. The van der Waals surface area contributed by atoms with Gasteiger partial charge >= 0.3 is 0 Å². The number of nitrogens with zero attached hydrogens (tertiary/aromatic N) is 9. The molecular weight excluding hydrogens is 1430 g/mol. The number of nitro groups is 2. The Morgan fingerprint density at radius 2 is 0.817 bits per heavy atom. The summed E-state index contributed by atoms with van der Waals surface area (Å²) in [4.78, 5) is 37.0. The second-order valence-corrected chi connectivity index (χ2v) is 28.8. The first kappa shape index (κ1) is 83.0. The Kier molecular flexibility index (Phi) is 29.1. The minimum Gasteiger partial charge on any atom is -0.508 e. The molecule has 8 N–H and O–H groups in total. The molecular formula is C83H90Cl2N10O14. The minimum absolute atomic E-state index is 0.0211. The highest BCUT2D eigenvalue weighted by Crippen LogP contribution is 2.32. The number of phenolic OH excluding ortho intramolecular Hbond substituents is 2. The van der Waals surface area contributed by atoms with Crippen molar-refractivity contribution in [2.75, 3.05) is 5.73 Å². The Hall–Kier alpha value is -11.6. The van der Waals surface area contributed by atoms with Crippen molar-refractivity contribution in [3.63, 3.8) is 0 Å². The third-order valence-corrected chi connectivity index (χ3v) is 16.3. The first-order chi connectivity index (χ1) is 51.6. The van der Waals surface area contributed by atoms with E-state index < -0.39 is 32.3 Å². The number of benzene rings is 9. The topological polar surface area (TPSA) is 337 Å². The number of ether oxygens (including phenoxy) is 4. The molecule has 13 aromatic rings. The predicted octanol–water partition coefficient (Wildman–Crippen LogP) is 17.5. The molecule has 570 valence electrons. The number of anilines is 1. The number of imidazole rings is 3. The zero-order chi connectivity index (χ0) is 79.1. The van der Waals surface area contributed by atoms with Crippen LogP contribution in [0.2, 0.25) is 10.0 Å². The summed E-state index contributed by atoms with van der Waals surface area (Å²) >= 11 is 11.1. The van der Waals surface area contributed by atoms with Crippen molar-refractivity contribution in [1.29, 1.82) is 0 Å². The zero-order valence-corrected chi connectivity index (χ0v) is 63.5. The van der Waals surface area contributed by atoms with E-state index in [4.69, 9.17) is 53.0 Å². The van der Waals surface area contributed by atoms with Gasteiger partial charge in [-0.2, -0.15) is 0 Å². The summed E-state index contributed by atoms with van der Waals surface area (Å²) in [6.07, 6.45) is 6.60. The predicted molar refractivity (Wildman–Crippen MR) is 424 cm³/mol. The van der Waals surface area contributed by atoms with Crippen LogP contribution in [0.3, 0.4) is 0 Å². The fraction of sp³-hybridized carbons (Fsp3) is 0.253. The van der Waals surface area contributed by atoms with Gasteiger partial charge < -0.3 is 69.0 Å². The Morgan fingerprint density at radius 1 is 0.440 bits per heavy atom. The number of aryl methyl sites for hydroxylation is 2. The number of aromatic nitrogens is 7. The molecule has 0 atom stereocenters. The van der Waals surface area contributed by atoms with Crippen LogP contribution in [0.25, 0.3) is 33.1 Å². The Bertz CT molecular complexity index is 5090. The average Bonchev–Trinajstić information content (AvgIpc) is 1.69. The summed E-state index contributed by atoms with van der Waals surface area (Å²) in [5.74, 6) is 3.29. The SMILES string of the molecule is CC(C)(O)CCc1ccc(OCc2ccccc2)cc1N.CC(C)(O)Cn1cnc2cc(O)ccc21.CC(C)(O)Cn1cnc2cc(OCc3ccccc3)ccc21.Cc1cccc(Oc2ccc3c(c2)ncn3CC(C)(C)O)n1.O=[N+]([O-])c1cc(O)ccc1Cl.O=[N+]([O-])c1cc(OCc2ccccc2)ccc1Cl. The lowest BCUT2D eigenvalue weighted by Gasteiger charge is -2.18. The molecule has 9 aromatic carbocycles. The molecule has 0 aliphatic heterocycles. The summed E-state index contributed by atoms with van der Waals surface area (Å²) in [5.41, 5.74) is 13.9. The third-order valence-electron chi connectivity index (χ3n) is 15.7. The summed E-state index contributed by atoms with van der Waals surface area (Å²) < 4.78 is 28.6. The van der Waals surface area contributed by atoms with Crippen LogP contribution in [0.5, 0.6) is 40.4 Å². The third kappa shape index (κ3) is 27.9. The van der Waals surface area contributed by atoms with Crippen molar-refractivity contribution >= 4 is 73.4 Å². The van der Waals surface area contributed by atoms with Crippen LogP contribution in [0.15, 0.2) is 237 Å². The number of nitro benzene ring substituents is 2. The van der Waals surface area contributed by atoms with E-state index in [0.717, 1.165) is 85.0 Å². The molecule has 24 nitrogen and oxygen atoms in total. The number of phenols is 2. The standard InChI is InChI=1S/C18H20N2O2.C18H23NO2.C17H19N3O2.C13H10ClNO3.C11H14N2O2.C6H4ClNO3/c1-18(2,21)12-20-13-19-16-10-15(8-9-17(16)20)22-11-14-6-4-3-5-7-14;1-18(2,20)11-10-15-8-9-16(12-17(15)19)21-13-14-6-4-3-5-7-14;1-12-5-4-6-16(19-12)22-13-7-8-15-14(9-13)18-11-20(15)10-17(2,3)21;14-12-7-6-11(8-13(12)15(16)17)18-9-10-4-2-1-3-5-10;1-11(2,15)6-13-7-12-9-5-8(14)3-4-10(9)13;7-5-2-1-4(9)3-6(5)8(10)11/h3-10,13,21H,11-12H2,1-2H3;3-9,12,20H,10-11,13,19H2,1-2H3;4-9,11,21H,10H2,1-3H3;1-8H,9H2;3-5,7,14-15H,6H2,1-2H3;1-3,9H. The Morgan fingerprint density at radius 3 is 1.25 bits per heavy atom. The molecule has 0 bridgehead atoms. The van der Waals surface area contributed by atoms with Crippen molar-refractivity contribution in [2.24, 2.45) is 0 Å². The molecule has 13 rings (SSSR count). The number of fused-ring (bicyclic) bond motifs is 3. The largest absolute Gasteiger partial charge is 0.508 e. The number of nitrogens with two attached hydrogens (primary N) is 1. The summed E-state index contributed by atoms with van der Waals surface area (Å²) in [6, 6.07) is 65.6. The van der Waals surface area contributed by atoms with E-state index in [-0.39, 0.29) is 32.9 Å². The molecule has 0 aliphatic rings. The normalized spacial score (nSPS) is 11.3. The lowest BCUT2D eigenvalue weighted by atomic mass is 9.98. The first-order valence-electron chi connectivity index (χ1n) is 34.6. The van der Waals surface area contributed by atoms with E-state index in [1.807, 2.05) is 184 Å². The lowest BCUT2D eigenvalue weighted by Crippen LogP contribution is -2.25. The maximum absolute atomic E-state index is 10.7. The van der Waals surface area contributed by atoms with Gasteiger partial charge in [0.2, 0.25) is 5.88 Å². The van der Waals surface area contributed by atoms with Gasteiger partial charge in [-0.25, -0.2) is 19.9 Å². The van der Waals surface area contributed by atoms with E-state index in [9.17, 15) is 45.8 Å². The van der Waals surface area contributed by atoms with Crippen LogP contribution in [0.4, 0.5) is 17.1 Å². The van der Waals surface area contributed by atoms with Crippen molar-refractivity contribution in [3.05, 3.63) is 296 Å².